The summed E-state index contributed by atoms with van der Waals surface area (Å²) in [5.74, 6) is 0.434. The molecule has 1 fully saturated rings. The first-order valence-corrected chi connectivity index (χ1v) is 7.96. The lowest BCUT2D eigenvalue weighted by Crippen LogP contribution is -2.48. The molecule has 3 rings (SSSR count). The van der Waals surface area contributed by atoms with Gasteiger partial charge in [0.15, 0.2) is 5.60 Å². The Balaban J connectivity index is 2.14. The topological polar surface area (TPSA) is 91.1 Å². The van der Waals surface area contributed by atoms with Gasteiger partial charge in [-0.1, -0.05) is 0 Å². The third-order valence-electron chi connectivity index (χ3n) is 4.46. The fraction of sp³-hybridized carbons (Fsp3) is 0.471. The lowest BCUT2D eigenvalue weighted by molar-refractivity contribution is -0.384. The Morgan fingerprint density at radius 1 is 1.36 bits per heavy atom. The van der Waals surface area contributed by atoms with Crippen molar-refractivity contribution in [2.75, 3.05) is 20.8 Å². The second-order valence-corrected chi connectivity index (χ2v) is 6.21. The third-order valence-corrected chi connectivity index (χ3v) is 4.46. The molecule has 1 amide bonds. The van der Waals surface area contributed by atoms with Crippen molar-refractivity contribution in [2.24, 2.45) is 0 Å². The normalized spacial score (nSPS) is 22.6. The summed E-state index contributed by atoms with van der Waals surface area (Å²) in [7, 11) is 3.01. The third kappa shape index (κ3) is 2.98. The van der Waals surface area contributed by atoms with Gasteiger partial charge >= 0.3 is 0 Å². The molecule has 0 aliphatic carbocycles. The number of fused-ring (bicyclic) bond motifs is 1. The standard InChI is InChI=1S/C17H20N2O6/c1-17(16(23-2)24-3)10-13(18-8-4-5-15(18)20)12-9-11(19(21)22)6-7-14(12)25-17/h6-7,9-10,16H,4-5,8H2,1-3H3. The van der Waals surface area contributed by atoms with Gasteiger partial charge in [0.2, 0.25) is 12.2 Å². The average molecular weight is 348 g/mol. The van der Waals surface area contributed by atoms with Crippen LogP contribution in [0, 0.1) is 10.1 Å². The van der Waals surface area contributed by atoms with Crippen LogP contribution in [-0.4, -0.2) is 48.4 Å². The fourth-order valence-corrected chi connectivity index (χ4v) is 3.34. The second kappa shape index (κ2) is 6.45. The van der Waals surface area contributed by atoms with Crippen LogP contribution in [0.25, 0.3) is 5.70 Å². The van der Waals surface area contributed by atoms with Crippen LogP contribution in [0.5, 0.6) is 5.75 Å². The van der Waals surface area contributed by atoms with Crippen molar-refractivity contribution in [3.63, 3.8) is 0 Å². The Bertz CT molecular complexity index is 743. The molecule has 0 bridgehead atoms. The van der Waals surface area contributed by atoms with E-state index in [0.717, 1.165) is 6.42 Å². The van der Waals surface area contributed by atoms with Gasteiger partial charge in [0, 0.05) is 44.9 Å². The molecule has 0 saturated carbocycles. The molecule has 0 radical (unpaired) electrons. The van der Waals surface area contributed by atoms with E-state index in [4.69, 9.17) is 14.2 Å². The Hall–Kier alpha value is -2.45. The summed E-state index contributed by atoms with van der Waals surface area (Å²) in [5, 5.41) is 11.1. The molecule has 0 aromatic heterocycles. The Morgan fingerprint density at radius 2 is 2.08 bits per heavy atom. The largest absolute Gasteiger partial charge is 0.477 e. The first kappa shape index (κ1) is 17.4. The maximum Gasteiger partial charge on any atom is 0.270 e. The number of ether oxygens (including phenoxy) is 3. The van der Waals surface area contributed by atoms with Crippen LogP contribution < -0.4 is 4.74 Å². The number of hydrogen-bond donors (Lipinski definition) is 0. The van der Waals surface area contributed by atoms with Crippen LogP contribution in [0.4, 0.5) is 5.69 Å². The molecule has 2 aliphatic rings. The van der Waals surface area contributed by atoms with Crippen LogP contribution >= 0.6 is 0 Å². The molecule has 0 N–H and O–H groups in total. The summed E-state index contributed by atoms with van der Waals surface area (Å²) in [6.45, 7) is 2.35. The van der Waals surface area contributed by atoms with Crippen LogP contribution in [0.3, 0.4) is 0 Å². The van der Waals surface area contributed by atoms with Gasteiger partial charge < -0.3 is 19.1 Å². The number of likely N-dealkylation sites (tertiary alicyclic amines) is 1. The SMILES string of the molecule is COC(OC)C1(C)C=C(N2CCCC2=O)c2cc([N+](=O)[O-])ccc2O1. The zero-order chi connectivity index (χ0) is 18.2. The summed E-state index contributed by atoms with van der Waals surface area (Å²) < 4.78 is 16.7. The first-order valence-electron chi connectivity index (χ1n) is 7.96. The monoisotopic (exact) mass is 348 g/mol. The molecule has 1 aromatic rings. The maximum absolute atomic E-state index is 12.3. The van der Waals surface area contributed by atoms with Crippen molar-refractivity contribution >= 4 is 17.3 Å². The first-order chi connectivity index (χ1) is 11.9. The van der Waals surface area contributed by atoms with E-state index in [-0.39, 0.29) is 11.6 Å². The molecular formula is C17H20N2O6. The highest BCUT2D eigenvalue weighted by molar-refractivity contribution is 5.90. The fourth-order valence-electron chi connectivity index (χ4n) is 3.34. The van der Waals surface area contributed by atoms with Gasteiger partial charge in [-0.25, -0.2) is 0 Å². The van der Waals surface area contributed by atoms with Crippen LogP contribution in [0.1, 0.15) is 25.3 Å². The van der Waals surface area contributed by atoms with Crippen molar-refractivity contribution in [2.45, 2.75) is 31.7 Å². The maximum atomic E-state index is 12.3. The molecule has 1 saturated heterocycles. The molecule has 25 heavy (non-hydrogen) atoms. The van der Waals surface area contributed by atoms with Gasteiger partial charge in [-0.2, -0.15) is 0 Å². The van der Waals surface area contributed by atoms with Gasteiger partial charge in [0.05, 0.1) is 10.6 Å². The van der Waals surface area contributed by atoms with Gasteiger partial charge in [-0.05, 0) is 25.5 Å². The molecule has 2 heterocycles. The number of rotatable bonds is 5. The van der Waals surface area contributed by atoms with Crippen molar-refractivity contribution in [1.82, 2.24) is 4.90 Å². The zero-order valence-electron chi connectivity index (χ0n) is 14.4. The molecule has 2 aliphatic heterocycles. The van der Waals surface area contributed by atoms with Crippen LogP contribution in [0.2, 0.25) is 0 Å². The number of amides is 1. The smallest absolute Gasteiger partial charge is 0.270 e. The molecule has 1 atom stereocenters. The minimum atomic E-state index is -0.981. The van der Waals surface area contributed by atoms with E-state index in [9.17, 15) is 14.9 Å². The van der Waals surface area contributed by atoms with E-state index in [2.05, 4.69) is 0 Å². The highest BCUT2D eigenvalue weighted by atomic mass is 16.7. The Labute approximate surface area is 145 Å². The summed E-state index contributed by atoms with van der Waals surface area (Å²) >= 11 is 0. The number of hydrogen-bond acceptors (Lipinski definition) is 6. The van der Waals surface area contributed by atoms with Gasteiger partial charge in [-0.3, -0.25) is 14.9 Å². The number of nitro groups is 1. The lowest BCUT2D eigenvalue weighted by Gasteiger charge is -2.39. The average Bonchev–Trinajstić information content (AvgIpc) is 3.00. The van der Waals surface area contributed by atoms with Crippen LogP contribution in [-0.2, 0) is 14.3 Å². The number of carbonyl (C=O) groups is 1. The molecule has 1 unspecified atom stereocenters. The predicted octanol–water partition coefficient (Wildman–Crippen LogP) is 2.33. The van der Waals surface area contributed by atoms with Crippen molar-refractivity contribution in [1.29, 1.82) is 0 Å². The zero-order valence-corrected chi connectivity index (χ0v) is 14.4. The number of nitro benzene ring substituents is 1. The van der Waals surface area contributed by atoms with Gasteiger partial charge in [0.1, 0.15) is 5.75 Å². The molecule has 134 valence electrons. The van der Waals surface area contributed by atoms with Crippen molar-refractivity contribution in [3.05, 3.63) is 40.0 Å². The number of benzene rings is 1. The number of nitrogens with zero attached hydrogens (tertiary/aromatic N) is 2. The van der Waals surface area contributed by atoms with E-state index in [1.807, 2.05) is 0 Å². The van der Waals surface area contributed by atoms with Crippen LogP contribution in [0.15, 0.2) is 24.3 Å². The lowest BCUT2D eigenvalue weighted by atomic mass is 9.95. The predicted molar refractivity (Wildman–Crippen MR) is 88.9 cm³/mol. The van der Waals surface area contributed by atoms with Gasteiger partial charge in [0.25, 0.3) is 5.69 Å². The molecule has 8 heteroatoms. The highest BCUT2D eigenvalue weighted by Crippen LogP contribution is 2.42. The van der Waals surface area contributed by atoms with Crippen molar-refractivity contribution < 1.29 is 23.9 Å². The van der Waals surface area contributed by atoms with E-state index in [1.54, 1.807) is 24.0 Å². The summed E-state index contributed by atoms with van der Waals surface area (Å²) in [6, 6.07) is 4.35. The minimum Gasteiger partial charge on any atom is -0.477 e. The van der Waals surface area contributed by atoms with Crippen molar-refractivity contribution in [3.8, 4) is 5.75 Å². The summed E-state index contributed by atoms with van der Waals surface area (Å²) in [5.41, 5.74) is 0.0747. The van der Waals surface area contributed by atoms with E-state index in [1.165, 1.54) is 26.4 Å². The van der Waals surface area contributed by atoms with E-state index >= 15 is 0 Å². The second-order valence-electron chi connectivity index (χ2n) is 6.21. The highest BCUT2D eigenvalue weighted by Gasteiger charge is 2.42. The Morgan fingerprint density at radius 3 is 2.64 bits per heavy atom. The minimum absolute atomic E-state index is 0.0145. The molecule has 0 spiro atoms. The summed E-state index contributed by atoms with van der Waals surface area (Å²) in [4.78, 5) is 24.6. The number of non-ortho nitro benzene ring substituents is 1. The quantitative estimate of drug-likeness (QED) is 0.461. The molecule has 8 nitrogen and oxygen atoms in total. The van der Waals surface area contributed by atoms with Gasteiger partial charge in [-0.15, -0.1) is 0 Å². The molecule has 1 aromatic carbocycles. The van der Waals surface area contributed by atoms with E-state index in [0.29, 0.717) is 30.0 Å². The number of methoxy groups -OCH3 is 2. The summed E-state index contributed by atoms with van der Waals surface area (Å²) in [6.07, 6.45) is 2.25. The molecular weight excluding hydrogens is 328 g/mol. The number of carbonyl (C=O) groups excluding carboxylic acids is 1. The Kier molecular flexibility index (Phi) is 4.49. The van der Waals surface area contributed by atoms with E-state index < -0.39 is 16.8 Å².